The van der Waals surface area contributed by atoms with Crippen LogP contribution < -0.4 is 5.32 Å². The number of carbonyl (C=O) groups excluding carboxylic acids is 2. The molecule has 1 unspecified atom stereocenters. The fourth-order valence-electron chi connectivity index (χ4n) is 2.06. The predicted octanol–water partition coefficient (Wildman–Crippen LogP) is 2.70. The van der Waals surface area contributed by atoms with Crippen molar-refractivity contribution in [3.63, 3.8) is 0 Å². The average Bonchev–Trinajstić information content (AvgIpc) is 2.49. The highest BCUT2D eigenvalue weighted by Crippen LogP contribution is 2.21. The van der Waals surface area contributed by atoms with E-state index in [2.05, 4.69) is 5.32 Å². The quantitative estimate of drug-likeness (QED) is 0.818. The van der Waals surface area contributed by atoms with E-state index in [-0.39, 0.29) is 5.91 Å². The van der Waals surface area contributed by atoms with E-state index >= 15 is 0 Å². The van der Waals surface area contributed by atoms with Gasteiger partial charge in [-0.15, -0.1) is 0 Å². The van der Waals surface area contributed by atoms with Crippen molar-refractivity contribution in [1.29, 1.82) is 0 Å². The van der Waals surface area contributed by atoms with Gasteiger partial charge in [0.05, 0.1) is 13.0 Å². The van der Waals surface area contributed by atoms with Gasteiger partial charge in [-0.25, -0.2) is 9.86 Å². The van der Waals surface area contributed by atoms with Crippen molar-refractivity contribution in [3.8, 4) is 0 Å². The lowest BCUT2D eigenvalue weighted by Gasteiger charge is -2.23. The van der Waals surface area contributed by atoms with Crippen LogP contribution in [0.15, 0.2) is 30.3 Å². The number of rotatable bonds is 6. The van der Waals surface area contributed by atoms with Gasteiger partial charge in [0.15, 0.2) is 0 Å². The van der Waals surface area contributed by atoms with Crippen molar-refractivity contribution in [2.75, 3.05) is 20.7 Å². The molecule has 2 amide bonds. The van der Waals surface area contributed by atoms with Crippen molar-refractivity contribution in [1.82, 2.24) is 10.4 Å². The molecule has 0 aliphatic carbocycles. The normalized spacial score (nSPS) is 12.4. The maximum Gasteiger partial charge on any atom is 0.407 e. The summed E-state index contributed by atoms with van der Waals surface area (Å²) in [6.45, 7) is 5.74. The lowest BCUT2D eigenvalue weighted by atomic mass is 9.95. The number of ether oxygens (including phenoxy) is 1. The standard InChI is InChI=1S/C17H26N2O4/c1-17(2,3)23-16(21)18-12-11-14(15(20)19(4)22-5)13-9-7-6-8-10-13/h6-10,14H,11-12H2,1-5H3,(H,18,21). The zero-order valence-corrected chi connectivity index (χ0v) is 14.5. The molecule has 0 aliphatic heterocycles. The van der Waals surface area contributed by atoms with Crippen LogP contribution in [0.1, 0.15) is 38.7 Å². The monoisotopic (exact) mass is 322 g/mol. The molecule has 1 aromatic carbocycles. The van der Waals surface area contributed by atoms with Crippen LogP contribution in [0, 0.1) is 0 Å². The molecule has 23 heavy (non-hydrogen) atoms. The van der Waals surface area contributed by atoms with Crippen molar-refractivity contribution >= 4 is 12.0 Å². The van der Waals surface area contributed by atoms with Crippen LogP contribution in [-0.4, -0.2) is 43.4 Å². The summed E-state index contributed by atoms with van der Waals surface area (Å²) in [5, 5.41) is 3.88. The molecule has 0 heterocycles. The molecule has 1 atom stereocenters. The van der Waals surface area contributed by atoms with Gasteiger partial charge in [-0.05, 0) is 32.8 Å². The molecule has 0 aromatic heterocycles. The second kappa shape index (κ2) is 8.53. The molecular weight excluding hydrogens is 296 g/mol. The van der Waals surface area contributed by atoms with Gasteiger partial charge < -0.3 is 10.1 Å². The summed E-state index contributed by atoms with van der Waals surface area (Å²) in [7, 11) is 3.01. The average molecular weight is 322 g/mol. The highest BCUT2D eigenvalue weighted by molar-refractivity contribution is 5.82. The molecule has 1 N–H and O–H groups in total. The third kappa shape index (κ3) is 6.69. The Labute approximate surface area is 137 Å². The third-order valence-electron chi connectivity index (χ3n) is 3.19. The van der Waals surface area contributed by atoms with Gasteiger partial charge in [0, 0.05) is 13.6 Å². The molecule has 1 rings (SSSR count). The molecule has 0 saturated carbocycles. The first-order chi connectivity index (χ1) is 10.7. The van der Waals surface area contributed by atoms with Gasteiger partial charge in [-0.3, -0.25) is 9.63 Å². The van der Waals surface area contributed by atoms with Gasteiger partial charge in [-0.2, -0.15) is 0 Å². The van der Waals surface area contributed by atoms with Crippen LogP contribution in [-0.2, 0) is 14.4 Å². The molecular formula is C17H26N2O4. The highest BCUT2D eigenvalue weighted by atomic mass is 16.7. The molecule has 0 saturated heterocycles. The molecule has 1 aromatic rings. The van der Waals surface area contributed by atoms with Crippen LogP contribution in [0.4, 0.5) is 4.79 Å². The Balaban J connectivity index is 2.68. The molecule has 128 valence electrons. The summed E-state index contributed by atoms with van der Waals surface area (Å²) in [6, 6.07) is 9.43. The molecule has 0 aliphatic rings. The number of amides is 2. The van der Waals surface area contributed by atoms with Gasteiger partial charge in [0.25, 0.3) is 5.91 Å². The number of hydrogen-bond acceptors (Lipinski definition) is 4. The fraction of sp³-hybridized carbons (Fsp3) is 0.529. The zero-order chi connectivity index (χ0) is 17.5. The number of hydrogen-bond donors (Lipinski definition) is 1. The molecule has 0 fully saturated rings. The summed E-state index contributed by atoms with van der Waals surface area (Å²) >= 11 is 0. The Hall–Kier alpha value is -2.08. The predicted molar refractivity (Wildman–Crippen MR) is 87.8 cm³/mol. The van der Waals surface area contributed by atoms with E-state index in [9.17, 15) is 9.59 Å². The van der Waals surface area contributed by atoms with Crippen molar-refractivity contribution in [3.05, 3.63) is 35.9 Å². The van der Waals surface area contributed by atoms with Gasteiger partial charge in [0.2, 0.25) is 0 Å². The van der Waals surface area contributed by atoms with Crippen LogP contribution in [0.25, 0.3) is 0 Å². The summed E-state index contributed by atoms with van der Waals surface area (Å²) in [5.41, 5.74) is 0.335. The second-order valence-electron chi connectivity index (χ2n) is 6.20. The number of benzene rings is 1. The first-order valence-corrected chi connectivity index (χ1v) is 7.58. The van der Waals surface area contributed by atoms with Gasteiger partial charge in [-0.1, -0.05) is 30.3 Å². The summed E-state index contributed by atoms with van der Waals surface area (Å²) in [6.07, 6.45) is -0.0349. The number of nitrogens with zero attached hydrogens (tertiary/aromatic N) is 1. The molecule has 0 spiro atoms. The van der Waals surface area contributed by atoms with Gasteiger partial charge in [0.1, 0.15) is 5.60 Å². The van der Waals surface area contributed by atoms with Crippen LogP contribution >= 0.6 is 0 Å². The number of nitrogens with one attached hydrogen (secondary N) is 1. The second-order valence-corrected chi connectivity index (χ2v) is 6.20. The number of alkyl carbamates (subject to hydrolysis) is 1. The Morgan fingerprint density at radius 1 is 1.22 bits per heavy atom. The largest absolute Gasteiger partial charge is 0.444 e. The number of hydroxylamine groups is 2. The van der Waals surface area contributed by atoms with E-state index in [4.69, 9.17) is 9.57 Å². The summed E-state index contributed by atoms with van der Waals surface area (Å²) < 4.78 is 5.18. The van der Waals surface area contributed by atoms with Crippen molar-refractivity contribution < 1.29 is 19.2 Å². The minimum atomic E-state index is -0.547. The molecule has 0 radical (unpaired) electrons. The van der Waals surface area contributed by atoms with Crippen molar-refractivity contribution in [2.45, 2.75) is 38.7 Å². The van der Waals surface area contributed by atoms with Crippen LogP contribution in [0.2, 0.25) is 0 Å². The Morgan fingerprint density at radius 3 is 2.35 bits per heavy atom. The van der Waals surface area contributed by atoms with E-state index < -0.39 is 17.6 Å². The number of carbonyl (C=O) groups is 2. The molecule has 6 heteroatoms. The van der Waals surface area contributed by atoms with Crippen LogP contribution in [0.5, 0.6) is 0 Å². The Bertz CT molecular complexity index is 511. The zero-order valence-electron chi connectivity index (χ0n) is 14.5. The third-order valence-corrected chi connectivity index (χ3v) is 3.19. The minimum Gasteiger partial charge on any atom is -0.444 e. The Morgan fingerprint density at radius 2 is 1.83 bits per heavy atom. The van der Waals surface area contributed by atoms with Crippen LogP contribution in [0.3, 0.4) is 0 Å². The highest BCUT2D eigenvalue weighted by Gasteiger charge is 2.24. The summed E-state index contributed by atoms with van der Waals surface area (Å²) in [4.78, 5) is 29.1. The van der Waals surface area contributed by atoms with E-state index in [1.54, 1.807) is 27.8 Å². The summed E-state index contributed by atoms with van der Waals surface area (Å²) in [5.74, 6) is -0.555. The first kappa shape index (κ1) is 19.0. The molecule has 0 bridgehead atoms. The first-order valence-electron chi connectivity index (χ1n) is 7.58. The SMILES string of the molecule is CON(C)C(=O)C(CCNC(=O)OC(C)(C)C)c1ccccc1. The van der Waals surface area contributed by atoms with E-state index in [1.807, 2.05) is 30.3 Å². The van der Waals surface area contributed by atoms with E-state index in [0.29, 0.717) is 13.0 Å². The lowest BCUT2D eigenvalue weighted by molar-refractivity contribution is -0.170. The Kier molecular flexibility index (Phi) is 7.03. The maximum atomic E-state index is 12.4. The maximum absolute atomic E-state index is 12.4. The van der Waals surface area contributed by atoms with E-state index in [0.717, 1.165) is 5.56 Å². The minimum absolute atomic E-state index is 0.162. The number of likely N-dealkylation sites (N-methyl/N-ethyl adjacent to an activating group) is 1. The molecule has 6 nitrogen and oxygen atoms in total. The van der Waals surface area contributed by atoms with Crippen molar-refractivity contribution in [2.24, 2.45) is 0 Å². The smallest absolute Gasteiger partial charge is 0.407 e. The van der Waals surface area contributed by atoms with Gasteiger partial charge >= 0.3 is 6.09 Å². The van der Waals surface area contributed by atoms with E-state index in [1.165, 1.54) is 12.2 Å². The topological polar surface area (TPSA) is 67.9 Å². The fourth-order valence-corrected chi connectivity index (χ4v) is 2.06. The lowest BCUT2D eigenvalue weighted by Crippen LogP contribution is -2.36.